The summed E-state index contributed by atoms with van der Waals surface area (Å²) in [4.78, 5) is 27.3. The molecule has 1 aromatic heterocycles. The van der Waals surface area contributed by atoms with Crippen LogP contribution in [-0.2, 0) is 13.0 Å². The van der Waals surface area contributed by atoms with E-state index in [2.05, 4.69) is 0 Å². The number of nitrogens with zero attached hydrogens (tertiary/aromatic N) is 2. The topological polar surface area (TPSA) is 51.5 Å². The average Bonchev–Trinajstić information content (AvgIpc) is 3.07. The summed E-state index contributed by atoms with van der Waals surface area (Å²) in [7, 11) is 3.27. The van der Waals surface area contributed by atoms with E-state index in [1.165, 1.54) is 4.90 Å². The van der Waals surface area contributed by atoms with Crippen molar-refractivity contribution in [2.24, 2.45) is 0 Å². The maximum Gasteiger partial charge on any atom is 0.263 e. The summed E-state index contributed by atoms with van der Waals surface area (Å²) in [5.74, 6) is 0.411. The molecule has 2 heterocycles. The first kappa shape index (κ1) is 15.4. The Morgan fingerprint density at radius 2 is 1.92 bits per heavy atom. The summed E-state index contributed by atoms with van der Waals surface area (Å²) in [6, 6.07) is 12.9. The zero-order valence-corrected chi connectivity index (χ0v) is 14.2. The molecular weight excluding hydrogens is 316 g/mol. The largest absolute Gasteiger partial charge is 0.497 e. The van der Waals surface area contributed by atoms with Crippen molar-refractivity contribution < 1.29 is 9.53 Å². The molecule has 0 saturated heterocycles. The van der Waals surface area contributed by atoms with Gasteiger partial charge in [-0.3, -0.25) is 9.59 Å². The summed E-state index contributed by atoms with van der Waals surface area (Å²) in [6.45, 7) is 0.794. The van der Waals surface area contributed by atoms with E-state index in [4.69, 9.17) is 4.74 Å². The van der Waals surface area contributed by atoms with Crippen LogP contribution in [0, 0.1) is 0 Å². The zero-order valence-electron chi connectivity index (χ0n) is 14.2. The molecular formula is C20H18N2O3. The van der Waals surface area contributed by atoms with Gasteiger partial charge in [0.25, 0.3) is 5.91 Å². The lowest BCUT2D eigenvalue weighted by atomic mass is 10.1. The van der Waals surface area contributed by atoms with Gasteiger partial charge in [-0.05, 0) is 42.3 Å². The second kappa shape index (κ2) is 5.77. The molecule has 5 nitrogen and oxygen atoms in total. The predicted molar refractivity (Wildman–Crippen MR) is 97.6 cm³/mol. The highest BCUT2D eigenvalue weighted by Crippen LogP contribution is 2.25. The highest BCUT2D eigenvalue weighted by atomic mass is 16.5. The molecule has 0 spiro atoms. The second-order valence-corrected chi connectivity index (χ2v) is 6.19. The lowest BCUT2D eigenvalue weighted by Crippen LogP contribution is -2.31. The highest BCUT2D eigenvalue weighted by Gasteiger charge is 2.23. The van der Waals surface area contributed by atoms with Crippen molar-refractivity contribution in [2.75, 3.05) is 19.1 Å². The standard InChI is InChI=1S/C20H18N2O3/c1-21(14-6-8-15(25-2)9-7-14)20(24)17-12-22-11-10-13-4-3-5-16(18(13)22)19(17)23/h3-9,12H,10-11H2,1-2H3. The molecule has 0 radical (unpaired) electrons. The molecule has 25 heavy (non-hydrogen) atoms. The molecule has 0 N–H and O–H groups in total. The summed E-state index contributed by atoms with van der Waals surface area (Å²) in [5.41, 5.74) is 2.82. The minimum atomic E-state index is -0.307. The van der Waals surface area contributed by atoms with Crippen molar-refractivity contribution in [3.05, 3.63) is 70.0 Å². The number of aromatic nitrogens is 1. The first-order chi connectivity index (χ1) is 12.1. The summed E-state index contributed by atoms with van der Waals surface area (Å²) in [6.07, 6.45) is 2.59. The minimum absolute atomic E-state index is 0.199. The van der Waals surface area contributed by atoms with Crippen molar-refractivity contribution in [3.63, 3.8) is 0 Å². The van der Waals surface area contributed by atoms with E-state index in [-0.39, 0.29) is 16.9 Å². The Balaban J connectivity index is 1.78. The van der Waals surface area contributed by atoms with E-state index in [1.807, 2.05) is 16.7 Å². The molecule has 5 heteroatoms. The van der Waals surface area contributed by atoms with Gasteiger partial charge in [0.2, 0.25) is 5.43 Å². The van der Waals surface area contributed by atoms with Crippen LogP contribution in [-0.4, -0.2) is 24.6 Å². The van der Waals surface area contributed by atoms with E-state index in [1.54, 1.807) is 50.7 Å². The Kier molecular flexibility index (Phi) is 3.57. The molecule has 3 aromatic rings. The van der Waals surface area contributed by atoms with Gasteiger partial charge < -0.3 is 14.2 Å². The molecule has 2 aromatic carbocycles. The number of anilines is 1. The number of para-hydroxylation sites is 1. The van der Waals surface area contributed by atoms with Crippen LogP contribution >= 0.6 is 0 Å². The molecule has 1 aliphatic heterocycles. The molecule has 1 aliphatic rings. The molecule has 0 aliphatic carbocycles. The Labute approximate surface area is 145 Å². The third kappa shape index (κ3) is 2.39. The molecule has 0 unspecified atom stereocenters. The number of carbonyl (C=O) groups excluding carboxylic acids is 1. The number of carbonyl (C=O) groups is 1. The number of rotatable bonds is 3. The highest BCUT2D eigenvalue weighted by molar-refractivity contribution is 6.07. The van der Waals surface area contributed by atoms with Crippen molar-refractivity contribution in [3.8, 4) is 5.75 Å². The molecule has 0 saturated carbocycles. The quantitative estimate of drug-likeness (QED) is 0.740. The number of benzene rings is 2. The zero-order chi connectivity index (χ0) is 17.6. The van der Waals surface area contributed by atoms with Crippen LogP contribution in [0.3, 0.4) is 0 Å². The molecule has 1 amide bonds. The lowest BCUT2D eigenvalue weighted by molar-refractivity contribution is 0.0991. The van der Waals surface area contributed by atoms with Crippen molar-refractivity contribution >= 4 is 22.5 Å². The van der Waals surface area contributed by atoms with Gasteiger partial charge in [0, 0.05) is 30.9 Å². The Morgan fingerprint density at radius 3 is 2.64 bits per heavy atom. The smallest absolute Gasteiger partial charge is 0.263 e. The van der Waals surface area contributed by atoms with Gasteiger partial charge in [-0.15, -0.1) is 0 Å². The normalized spacial score (nSPS) is 12.4. The van der Waals surface area contributed by atoms with Crippen LogP contribution in [0.4, 0.5) is 5.69 Å². The van der Waals surface area contributed by atoms with E-state index in [9.17, 15) is 9.59 Å². The third-order valence-electron chi connectivity index (χ3n) is 4.80. The lowest BCUT2D eigenvalue weighted by Gasteiger charge is -2.18. The first-order valence-corrected chi connectivity index (χ1v) is 8.17. The van der Waals surface area contributed by atoms with Gasteiger partial charge >= 0.3 is 0 Å². The van der Waals surface area contributed by atoms with E-state index in [0.717, 1.165) is 29.8 Å². The molecule has 0 bridgehead atoms. The number of ether oxygens (including phenoxy) is 1. The Morgan fingerprint density at radius 1 is 1.16 bits per heavy atom. The van der Waals surface area contributed by atoms with Crippen LogP contribution in [0.25, 0.3) is 10.9 Å². The monoisotopic (exact) mass is 334 g/mol. The van der Waals surface area contributed by atoms with Crippen LogP contribution < -0.4 is 15.1 Å². The van der Waals surface area contributed by atoms with Crippen LogP contribution in [0.2, 0.25) is 0 Å². The fraction of sp³-hybridized carbons (Fsp3) is 0.200. The maximum absolute atomic E-state index is 12.9. The van der Waals surface area contributed by atoms with Crippen LogP contribution in [0.1, 0.15) is 15.9 Å². The molecule has 0 atom stereocenters. The van der Waals surface area contributed by atoms with E-state index < -0.39 is 0 Å². The van der Waals surface area contributed by atoms with Gasteiger partial charge in [-0.1, -0.05) is 12.1 Å². The van der Waals surface area contributed by atoms with Crippen LogP contribution in [0.15, 0.2) is 53.5 Å². The van der Waals surface area contributed by atoms with E-state index >= 15 is 0 Å². The number of hydrogen-bond donors (Lipinski definition) is 0. The Hall–Kier alpha value is -3.08. The SMILES string of the molecule is COc1ccc(N(C)C(=O)c2cn3c4c(cccc4c2=O)CC3)cc1. The Bertz CT molecular complexity index is 1040. The third-order valence-corrected chi connectivity index (χ3v) is 4.80. The number of amides is 1. The number of aryl methyl sites for hydroxylation is 2. The van der Waals surface area contributed by atoms with Crippen molar-refractivity contribution in [1.29, 1.82) is 0 Å². The van der Waals surface area contributed by atoms with Gasteiger partial charge in [0.1, 0.15) is 11.3 Å². The minimum Gasteiger partial charge on any atom is -0.497 e. The molecule has 126 valence electrons. The summed E-state index contributed by atoms with van der Waals surface area (Å²) in [5, 5.41) is 0.615. The van der Waals surface area contributed by atoms with E-state index in [0.29, 0.717) is 11.1 Å². The van der Waals surface area contributed by atoms with Gasteiger partial charge in [0.15, 0.2) is 0 Å². The van der Waals surface area contributed by atoms with Gasteiger partial charge in [-0.25, -0.2) is 0 Å². The number of methoxy groups -OCH3 is 1. The molecule has 0 fully saturated rings. The average molecular weight is 334 g/mol. The van der Waals surface area contributed by atoms with Crippen molar-refractivity contribution in [1.82, 2.24) is 4.57 Å². The summed E-state index contributed by atoms with van der Waals surface area (Å²) < 4.78 is 7.16. The predicted octanol–water partition coefficient (Wildman–Crippen LogP) is 2.84. The number of pyridine rings is 1. The molecule has 4 rings (SSSR count). The van der Waals surface area contributed by atoms with Gasteiger partial charge in [-0.2, -0.15) is 0 Å². The second-order valence-electron chi connectivity index (χ2n) is 6.19. The summed E-state index contributed by atoms with van der Waals surface area (Å²) >= 11 is 0. The maximum atomic E-state index is 12.9. The fourth-order valence-electron chi connectivity index (χ4n) is 3.41. The van der Waals surface area contributed by atoms with Crippen LogP contribution in [0.5, 0.6) is 5.75 Å². The number of hydrogen-bond acceptors (Lipinski definition) is 3. The van der Waals surface area contributed by atoms with Crippen molar-refractivity contribution in [2.45, 2.75) is 13.0 Å². The van der Waals surface area contributed by atoms with Gasteiger partial charge in [0.05, 0.1) is 12.6 Å². The first-order valence-electron chi connectivity index (χ1n) is 8.17. The fourth-order valence-corrected chi connectivity index (χ4v) is 3.41.